The van der Waals surface area contributed by atoms with Gasteiger partial charge in [-0.25, -0.2) is 5.01 Å². The smallest absolute Gasteiger partial charge is 0.102 e. The normalized spacial score (nSPS) is 19.0. The first kappa shape index (κ1) is 19.9. The van der Waals surface area contributed by atoms with Crippen LogP contribution < -0.4 is 10.7 Å². The molecule has 1 atom stereocenters. The topological polar surface area (TPSA) is 47.5 Å². The van der Waals surface area contributed by atoms with Gasteiger partial charge in [-0.15, -0.1) is 11.6 Å². The molecule has 4 nitrogen and oxygen atoms in total. The van der Waals surface area contributed by atoms with Crippen molar-refractivity contribution in [1.82, 2.24) is 15.8 Å². The summed E-state index contributed by atoms with van der Waals surface area (Å²) >= 11 is 17.9. The van der Waals surface area contributed by atoms with Crippen LogP contribution in [0, 0.1) is 0 Å². The van der Waals surface area contributed by atoms with E-state index in [1.165, 1.54) is 5.49 Å². The van der Waals surface area contributed by atoms with Crippen LogP contribution in [-0.2, 0) is 6.42 Å². The standard InChI is InChI=1S/C17H25Cl2N3OS/c1-15(2,20-3)22(21-12-24)11-17(23,16(19)8-9-16)10-13-6-4-5-7-14(13)18/h4-7,12,20,23H,8-11H2,1-3H3,(H,21,24). The lowest BCUT2D eigenvalue weighted by atomic mass is 9.88. The number of nitrogens with zero attached hydrogens (tertiary/aromatic N) is 1. The monoisotopic (exact) mass is 389 g/mol. The van der Waals surface area contributed by atoms with Crippen molar-refractivity contribution in [3.8, 4) is 0 Å². The van der Waals surface area contributed by atoms with Gasteiger partial charge in [-0.2, -0.15) is 0 Å². The SMILES string of the molecule is CNC(C)(C)N(CC(O)(Cc1ccccc1Cl)C1(Cl)CC1)NC=S. The molecular formula is C17H25Cl2N3OS. The van der Waals surface area contributed by atoms with Gasteiger partial charge in [-0.3, -0.25) is 0 Å². The molecule has 24 heavy (non-hydrogen) atoms. The summed E-state index contributed by atoms with van der Waals surface area (Å²) in [6.45, 7) is 4.31. The number of nitrogens with one attached hydrogen (secondary N) is 2. The van der Waals surface area contributed by atoms with E-state index in [0.29, 0.717) is 18.0 Å². The molecule has 0 heterocycles. The third-order valence-corrected chi connectivity index (χ3v) is 6.08. The van der Waals surface area contributed by atoms with Gasteiger partial charge in [0.15, 0.2) is 0 Å². The van der Waals surface area contributed by atoms with Crippen LogP contribution in [0.3, 0.4) is 0 Å². The molecule has 1 aromatic rings. The molecule has 0 aliphatic heterocycles. The maximum absolute atomic E-state index is 11.5. The highest BCUT2D eigenvalue weighted by Gasteiger charge is 2.59. The highest BCUT2D eigenvalue weighted by atomic mass is 35.5. The Hall–Kier alpha value is -0.430. The van der Waals surface area contributed by atoms with E-state index in [2.05, 4.69) is 10.7 Å². The van der Waals surface area contributed by atoms with Crippen molar-refractivity contribution in [2.45, 2.75) is 49.2 Å². The number of benzene rings is 1. The average molecular weight is 390 g/mol. The van der Waals surface area contributed by atoms with Crippen molar-refractivity contribution in [3.63, 3.8) is 0 Å². The minimum Gasteiger partial charge on any atom is -0.386 e. The summed E-state index contributed by atoms with van der Waals surface area (Å²) in [5.74, 6) is 0. The van der Waals surface area contributed by atoms with Crippen molar-refractivity contribution >= 4 is 40.9 Å². The van der Waals surface area contributed by atoms with Gasteiger partial charge < -0.3 is 15.8 Å². The lowest BCUT2D eigenvalue weighted by molar-refractivity contribution is -0.0523. The van der Waals surface area contributed by atoms with E-state index in [0.717, 1.165) is 18.4 Å². The fourth-order valence-electron chi connectivity index (χ4n) is 2.75. The number of aliphatic hydroxyl groups is 1. The zero-order valence-electron chi connectivity index (χ0n) is 14.3. The molecule has 0 amide bonds. The molecule has 1 fully saturated rings. The molecule has 1 aliphatic carbocycles. The summed E-state index contributed by atoms with van der Waals surface area (Å²) in [5, 5.41) is 17.2. The van der Waals surface area contributed by atoms with Crippen LogP contribution in [0.25, 0.3) is 0 Å². The van der Waals surface area contributed by atoms with Crippen molar-refractivity contribution in [3.05, 3.63) is 34.9 Å². The Balaban J connectivity index is 2.31. The molecule has 1 aliphatic rings. The molecule has 134 valence electrons. The van der Waals surface area contributed by atoms with Gasteiger partial charge in [0.25, 0.3) is 0 Å². The molecule has 7 heteroatoms. The van der Waals surface area contributed by atoms with Crippen LogP contribution in [0.1, 0.15) is 32.3 Å². The molecule has 1 aromatic carbocycles. The van der Waals surface area contributed by atoms with Gasteiger partial charge >= 0.3 is 0 Å². The third kappa shape index (κ3) is 4.21. The number of hydrazine groups is 1. The fourth-order valence-corrected chi connectivity index (χ4v) is 3.30. The zero-order valence-corrected chi connectivity index (χ0v) is 16.6. The number of halogens is 2. The second kappa shape index (κ2) is 7.44. The Morgan fingerprint density at radius 1 is 1.38 bits per heavy atom. The molecule has 0 radical (unpaired) electrons. The van der Waals surface area contributed by atoms with E-state index in [-0.39, 0.29) is 0 Å². The molecule has 0 aromatic heterocycles. The Morgan fingerprint density at radius 3 is 2.50 bits per heavy atom. The number of hydrogen-bond donors (Lipinski definition) is 3. The maximum atomic E-state index is 11.5. The first-order valence-electron chi connectivity index (χ1n) is 7.98. The number of hydrogen-bond acceptors (Lipinski definition) is 4. The predicted molar refractivity (Wildman–Crippen MR) is 105 cm³/mol. The van der Waals surface area contributed by atoms with Gasteiger partial charge in [0.1, 0.15) is 5.60 Å². The molecule has 1 saturated carbocycles. The van der Waals surface area contributed by atoms with Gasteiger partial charge in [0.05, 0.1) is 22.6 Å². The summed E-state index contributed by atoms with van der Waals surface area (Å²) in [4.78, 5) is -0.641. The van der Waals surface area contributed by atoms with E-state index >= 15 is 0 Å². The lowest BCUT2D eigenvalue weighted by Gasteiger charge is -2.44. The van der Waals surface area contributed by atoms with Crippen LogP contribution in [0.2, 0.25) is 5.02 Å². The molecule has 3 N–H and O–H groups in total. The quantitative estimate of drug-likeness (QED) is 0.262. The molecule has 0 spiro atoms. The number of alkyl halides is 1. The van der Waals surface area contributed by atoms with E-state index < -0.39 is 16.1 Å². The summed E-state index contributed by atoms with van der Waals surface area (Å²) in [6, 6.07) is 7.55. The fraction of sp³-hybridized carbons (Fsp3) is 0.588. The van der Waals surface area contributed by atoms with Crippen molar-refractivity contribution < 1.29 is 5.11 Å². The van der Waals surface area contributed by atoms with Crippen LogP contribution >= 0.6 is 35.4 Å². The van der Waals surface area contributed by atoms with Crippen LogP contribution in [-0.4, -0.2) is 45.3 Å². The second-order valence-corrected chi connectivity index (χ2v) is 8.27. The number of rotatable bonds is 9. The first-order chi connectivity index (χ1) is 11.2. The van der Waals surface area contributed by atoms with Gasteiger partial charge in [-0.05, 0) is 45.4 Å². The van der Waals surface area contributed by atoms with Crippen molar-refractivity contribution in [1.29, 1.82) is 0 Å². The largest absolute Gasteiger partial charge is 0.386 e. The minimum atomic E-state index is -1.14. The maximum Gasteiger partial charge on any atom is 0.102 e. The Kier molecular flexibility index (Phi) is 6.17. The summed E-state index contributed by atoms with van der Waals surface area (Å²) < 4.78 is 0. The van der Waals surface area contributed by atoms with Crippen molar-refractivity contribution in [2.75, 3.05) is 13.6 Å². The lowest BCUT2D eigenvalue weighted by Crippen LogP contribution is -2.65. The van der Waals surface area contributed by atoms with Crippen molar-refractivity contribution in [2.24, 2.45) is 0 Å². The zero-order chi connectivity index (χ0) is 18.0. The summed E-state index contributed by atoms with van der Waals surface area (Å²) in [5.41, 5.74) is 3.79. The summed E-state index contributed by atoms with van der Waals surface area (Å²) in [6.07, 6.45) is 1.94. The van der Waals surface area contributed by atoms with E-state index in [4.69, 9.17) is 35.4 Å². The predicted octanol–water partition coefficient (Wildman–Crippen LogP) is 3.10. The van der Waals surface area contributed by atoms with E-state index in [9.17, 15) is 5.11 Å². The molecule has 0 saturated heterocycles. The number of thiocarbonyl (C=S) groups is 1. The van der Waals surface area contributed by atoms with Crippen LogP contribution in [0.15, 0.2) is 24.3 Å². The Labute approximate surface area is 159 Å². The molecule has 0 bridgehead atoms. The second-order valence-electron chi connectivity index (χ2n) is 6.91. The summed E-state index contributed by atoms with van der Waals surface area (Å²) in [7, 11) is 1.86. The minimum absolute atomic E-state index is 0.308. The van der Waals surface area contributed by atoms with E-state index in [1.54, 1.807) is 0 Å². The van der Waals surface area contributed by atoms with Crippen LogP contribution in [0.5, 0.6) is 0 Å². The third-order valence-electron chi connectivity index (χ3n) is 4.88. The van der Waals surface area contributed by atoms with Gasteiger partial charge in [0.2, 0.25) is 0 Å². The Morgan fingerprint density at radius 2 is 2.00 bits per heavy atom. The van der Waals surface area contributed by atoms with Gasteiger partial charge in [-0.1, -0.05) is 42.0 Å². The highest BCUT2D eigenvalue weighted by Crippen LogP contribution is 2.53. The average Bonchev–Trinajstić information content (AvgIpc) is 3.29. The highest BCUT2D eigenvalue weighted by molar-refractivity contribution is 7.78. The van der Waals surface area contributed by atoms with E-state index in [1.807, 2.05) is 50.2 Å². The van der Waals surface area contributed by atoms with Crippen LogP contribution in [0.4, 0.5) is 0 Å². The first-order valence-corrected chi connectivity index (χ1v) is 9.21. The molecule has 1 unspecified atom stereocenters. The molecular weight excluding hydrogens is 365 g/mol. The Bertz CT molecular complexity index is 595. The van der Waals surface area contributed by atoms with Gasteiger partial charge in [0, 0.05) is 11.4 Å². The molecule has 2 rings (SSSR count).